The van der Waals surface area contributed by atoms with Crippen molar-refractivity contribution in [1.82, 2.24) is 19.4 Å². The minimum atomic E-state index is -0.966. The molecule has 0 radical (unpaired) electrons. The van der Waals surface area contributed by atoms with Gasteiger partial charge in [-0.15, -0.1) is 5.10 Å². The number of nitrogens with zero attached hydrogens (tertiary/aromatic N) is 4. The van der Waals surface area contributed by atoms with E-state index < -0.39 is 23.6 Å². The Morgan fingerprint density at radius 1 is 1.19 bits per heavy atom. The van der Waals surface area contributed by atoms with Crippen molar-refractivity contribution >= 4 is 11.5 Å². The van der Waals surface area contributed by atoms with E-state index in [1.807, 2.05) is 0 Å². The molecule has 1 aliphatic rings. The van der Waals surface area contributed by atoms with Crippen molar-refractivity contribution < 1.29 is 23.1 Å². The van der Waals surface area contributed by atoms with Gasteiger partial charge in [0.1, 0.15) is 11.6 Å². The maximum atomic E-state index is 14.7. The first kappa shape index (κ1) is 20.3. The molecule has 1 atom stereocenters. The van der Waals surface area contributed by atoms with Crippen LogP contribution in [0.5, 0.6) is 0 Å². The Kier molecular flexibility index (Phi) is 4.96. The Bertz CT molecular complexity index is 1340. The van der Waals surface area contributed by atoms with Crippen LogP contribution in [-0.2, 0) is 30.5 Å². The first-order chi connectivity index (χ1) is 15.4. The molecule has 0 saturated carbocycles. The van der Waals surface area contributed by atoms with Crippen LogP contribution >= 0.6 is 0 Å². The third kappa shape index (κ3) is 3.43. The molecule has 0 bridgehead atoms. The van der Waals surface area contributed by atoms with E-state index in [1.165, 1.54) is 22.6 Å². The molecule has 6 nitrogen and oxygen atoms in total. The highest BCUT2D eigenvalue weighted by Gasteiger charge is 2.30. The first-order valence-corrected chi connectivity index (χ1v) is 10.3. The molecule has 4 aromatic rings. The highest BCUT2D eigenvalue weighted by Crippen LogP contribution is 2.36. The summed E-state index contributed by atoms with van der Waals surface area (Å²) in [6.45, 7) is 0. The Morgan fingerprint density at radius 3 is 2.81 bits per heavy atom. The van der Waals surface area contributed by atoms with Crippen LogP contribution in [0.1, 0.15) is 40.5 Å². The molecule has 0 fully saturated rings. The van der Waals surface area contributed by atoms with Crippen molar-refractivity contribution in [2.75, 3.05) is 0 Å². The normalized spacial score (nSPS) is 15.8. The van der Waals surface area contributed by atoms with Gasteiger partial charge in [-0.2, -0.15) is 4.39 Å². The smallest absolute Gasteiger partial charge is 0.307 e. The molecule has 0 aliphatic heterocycles. The second-order valence-corrected chi connectivity index (χ2v) is 8.02. The van der Waals surface area contributed by atoms with Crippen LogP contribution in [-0.4, -0.2) is 30.5 Å². The topological polar surface area (TPSA) is 72.4 Å². The van der Waals surface area contributed by atoms with Gasteiger partial charge in [0.15, 0.2) is 5.95 Å². The van der Waals surface area contributed by atoms with Crippen molar-refractivity contribution in [3.8, 4) is 0 Å². The van der Waals surface area contributed by atoms with E-state index in [0.29, 0.717) is 41.6 Å². The fourth-order valence-electron chi connectivity index (χ4n) is 4.72. The molecule has 1 aliphatic carbocycles. The number of aromatic nitrogens is 4. The number of benzene rings is 1. The lowest BCUT2D eigenvalue weighted by Crippen LogP contribution is -2.23. The zero-order chi connectivity index (χ0) is 22.4. The number of fused-ring (bicyclic) bond motifs is 3. The number of hydrogen-bond acceptors (Lipinski definition) is 3. The average molecular weight is 440 g/mol. The van der Waals surface area contributed by atoms with Gasteiger partial charge in [0.25, 0.3) is 0 Å². The SMILES string of the molecule is O=C(O)Cc1c2c(n3c(F)cccc13)CC(n1nncc1Cc1ccc(F)cc1F)CC2. The summed E-state index contributed by atoms with van der Waals surface area (Å²) in [6.07, 6.45) is 3.21. The second-order valence-electron chi connectivity index (χ2n) is 8.02. The number of carboxylic acids is 1. The van der Waals surface area contributed by atoms with Crippen LogP contribution in [0.3, 0.4) is 0 Å². The summed E-state index contributed by atoms with van der Waals surface area (Å²) < 4.78 is 45.3. The van der Waals surface area contributed by atoms with E-state index in [1.54, 1.807) is 23.0 Å². The van der Waals surface area contributed by atoms with Gasteiger partial charge in [0.2, 0.25) is 0 Å². The summed E-state index contributed by atoms with van der Waals surface area (Å²) in [7, 11) is 0. The van der Waals surface area contributed by atoms with Gasteiger partial charge in [0, 0.05) is 24.6 Å². The van der Waals surface area contributed by atoms with Gasteiger partial charge < -0.3 is 5.11 Å². The Labute approximate surface area is 180 Å². The molecule has 1 aromatic carbocycles. The molecule has 0 spiro atoms. The highest BCUT2D eigenvalue weighted by molar-refractivity contribution is 5.77. The maximum absolute atomic E-state index is 14.7. The van der Waals surface area contributed by atoms with Gasteiger partial charge in [-0.25, -0.2) is 13.5 Å². The van der Waals surface area contributed by atoms with Crippen LogP contribution in [0, 0.1) is 17.6 Å². The van der Waals surface area contributed by atoms with Crippen molar-refractivity contribution in [2.45, 2.75) is 38.1 Å². The van der Waals surface area contributed by atoms with Crippen LogP contribution in [0.25, 0.3) is 5.52 Å². The predicted molar refractivity (Wildman–Crippen MR) is 109 cm³/mol. The summed E-state index contributed by atoms with van der Waals surface area (Å²) in [4.78, 5) is 11.4. The summed E-state index contributed by atoms with van der Waals surface area (Å²) in [5, 5.41) is 17.5. The molecule has 5 rings (SSSR count). The molecule has 3 heterocycles. The van der Waals surface area contributed by atoms with E-state index in [4.69, 9.17) is 0 Å². The molecular weight excluding hydrogens is 421 g/mol. The summed E-state index contributed by atoms with van der Waals surface area (Å²) >= 11 is 0. The highest BCUT2D eigenvalue weighted by atomic mass is 19.1. The fraction of sp³-hybridized carbons (Fsp3) is 0.261. The van der Waals surface area contributed by atoms with Crippen molar-refractivity contribution in [3.63, 3.8) is 0 Å². The largest absolute Gasteiger partial charge is 0.481 e. The number of hydrogen-bond donors (Lipinski definition) is 1. The van der Waals surface area contributed by atoms with Gasteiger partial charge >= 0.3 is 5.97 Å². The molecular formula is C23H19F3N4O2. The quantitative estimate of drug-likeness (QED) is 0.478. The molecule has 0 saturated heterocycles. The van der Waals surface area contributed by atoms with Gasteiger partial charge in [0.05, 0.1) is 29.9 Å². The lowest BCUT2D eigenvalue weighted by Gasteiger charge is -2.25. The van der Waals surface area contributed by atoms with E-state index in [0.717, 1.165) is 17.3 Å². The zero-order valence-electron chi connectivity index (χ0n) is 16.9. The summed E-state index contributed by atoms with van der Waals surface area (Å²) in [6, 6.07) is 7.95. The van der Waals surface area contributed by atoms with Gasteiger partial charge in [-0.1, -0.05) is 17.3 Å². The number of carboxylic acid groups (broad SMARTS) is 1. The predicted octanol–water partition coefficient (Wildman–Crippen LogP) is 3.90. The standard InChI is InChI=1S/C23H19F3N4O2/c24-14-5-4-13(19(25)9-14)8-16-12-27-28-30(16)15-6-7-17-18(11-23(31)32)20-2-1-3-22(26)29(20)21(17)10-15/h1-5,9,12,15H,6-8,10-11H2,(H,31,32). The number of pyridine rings is 1. The summed E-state index contributed by atoms with van der Waals surface area (Å²) in [5.41, 5.74) is 3.77. The lowest BCUT2D eigenvalue weighted by molar-refractivity contribution is -0.136. The Hall–Kier alpha value is -3.62. The monoisotopic (exact) mass is 440 g/mol. The summed E-state index contributed by atoms with van der Waals surface area (Å²) in [5.74, 6) is -2.70. The van der Waals surface area contributed by atoms with Crippen molar-refractivity contribution in [2.24, 2.45) is 0 Å². The molecule has 1 N–H and O–H groups in total. The van der Waals surface area contributed by atoms with Crippen LogP contribution < -0.4 is 0 Å². The number of aliphatic carboxylic acids is 1. The van der Waals surface area contributed by atoms with E-state index in [9.17, 15) is 23.1 Å². The minimum Gasteiger partial charge on any atom is -0.481 e. The van der Waals surface area contributed by atoms with Gasteiger partial charge in [-0.3, -0.25) is 9.20 Å². The molecule has 3 aromatic heterocycles. The Morgan fingerprint density at radius 2 is 2.03 bits per heavy atom. The lowest BCUT2D eigenvalue weighted by atomic mass is 9.90. The maximum Gasteiger partial charge on any atom is 0.307 e. The fourth-order valence-corrected chi connectivity index (χ4v) is 4.72. The third-order valence-corrected chi connectivity index (χ3v) is 6.10. The van der Waals surface area contributed by atoms with E-state index >= 15 is 0 Å². The molecule has 32 heavy (non-hydrogen) atoms. The number of rotatable bonds is 5. The second kappa shape index (κ2) is 7.81. The Balaban J connectivity index is 1.51. The molecule has 1 unspecified atom stereocenters. The van der Waals surface area contributed by atoms with Crippen LogP contribution in [0.2, 0.25) is 0 Å². The van der Waals surface area contributed by atoms with Gasteiger partial charge in [-0.05, 0) is 47.7 Å². The minimum absolute atomic E-state index is 0.154. The number of halogens is 3. The molecule has 0 amide bonds. The number of carbonyl (C=O) groups is 1. The van der Waals surface area contributed by atoms with Crippen LogP contribution in [0.15, 0.2) is 42.6 Å². The van der Waals surface area contributed by atoms with E-state index in [-0.39, 0.29) is 18.9 Å². The van der Waals surface area contributed by atoms with Crippen molar-refractivity contribution in [1.29, 1.82) is 0 Å². The average Bonchev–Trinajstić information content (AvgIpc) is 3.33. The molecule has 9 heteroatoms. The third-order valence-electron chi connectivity index (χ3n) is 6.10. The first-order valence-electron chi connectivity index (χ1n) is 10.3. The zero-order valence-corrected chi connectivity index (χ0v) is 16.9. The molecule has 164 valence electrons. The van der Waals surface area contributed by atoms with Crippen LogP contribution in [0.4, 0.5) is 13.2 Å². The van der Waals surface area contributed by atoms with E-state index in [2.05, 4.69) is 10.3 Å². The van der Waals surface area contributed by atoms with Crippen molar-refractivity contribution in [3.05, 3.63) is 88.3 Å².